The highest BCUT2D eigenvalue weighted by Crippen LogP contribution is 2.27. The number of nitrogens with one attached hydrogen (secondary N) is 1. The molecule has 116 valence electrons. The Morgan fingerprint density at radius 2 is 1.81 bits per heavy atom. The first kappa shape index (κ1) is 15.0. The van der Waals surface area contributed by atoms with Gasteiger partial charge >= 0.3 is 0 Å². The van der Waals surface area contributed by atoms with Crippen molar-refractivity contribution in [1.29, 1.82) is 0 Å². The summed E-state index contributed by atoms with van der Waals surface area (Å²) in [7, 11) is -3.41. The van der Waals surface area contributed by atoms with Gasteiger partial charge in [-0.2, -0.15) is 4.31 Å². The Bertz CT molecular complexity index is 612. The number of rotatable bonds is 4. The molecule has 1 saturated carbocycles. The monoisotopic (exact) mass is 328 g/mol. The van der Waals surface area contributed by atoms with Gasteiger partial charge in [-0.1, -0.05) is 12.8 Å². The molecular formula is C14H20N2O3S2. The summed E-state index contributed by atoms with van der Waals surface area (Å²) in [6.45, 7) is 1.17. The Morgan fingerprint density at radius 1 is 1.14 bits per heavy atom. The molecule has 1 saturated heterocycles. The van der Waals surface area contributed by atoms with E-state index in [1.165, 1.54) is 4.31 Å². The third kappa shape index (κ3) is 3.14. The van der Waals surface area contributed by atoms with Crippen LogP contribution in [-0.2, 0) is 10.0 Å². The van der Waals surface area contributed by atoms with Crippen molar-refractivity contribution in [3.63, 3.8) is 0 Å². The minimum Gasteiger partial charge on any atom is -0.349 e. The highest BCUT2D eigenvalue weighted by atomic mass is 32.2. The van der Waals surface area contributed by atoms with E-state index in [1.807, 2.05) is 0 Å². The van der Waals surface area contributed by atoms with E-state index in [2.05, 4.69) is 5.32 Å². The topological polar surface area (TPSA) is 66.5 Å². The van der Waals surface area contributed by atoms with Crippen LogP contribution in [0.2, 0.25) is 0 Å². The highest BCUT2D eigenvalue weighted by Gasteiger charge is 2.29. The molecule has 1 aliphatic carbocycles. The molecular weight excluding hydrogens is 308 g/mol. The largest absolute Gasteiger partial charge is 0.349 e. The first-order chi connectivity index (χ1) is 10.1. The molecule has 21 heavy (non-hydrogen) atoms. The number of carbonyl (C=O) groups excluding carboxylic acids is 1. The van der Waals surface area contributed by atoms with E-state index < -0.39 is 10.0 Å². The molecule has 0 aromatic carbocycles. The first-order valence-electron chi connectivity index (χ1n) is 7.48. The van der Waals surface area contributed by atoms with E-state index in [9.17, 15) is 13.2 Å². The second-order valence-corrected chi connectivity index (χ2v) is 8.93. The molecule has 0 spiro atoms. The predicted octanol–water partition coefficient (Wildman–Crippen LogP) is 2.21. The van der Waals surface area contributed by atoms with Crippen molar-refractivity contribution in [2.75, 3.05) is 13.1 Å². The molecule has 1 aromatic rings. The standard InChI is InChI=1S/C14H20N2O3S2/c17-14(15-11-5-1-2-6-11)12-7-8-13(20-12)21(18,19)16-9-3-4-10-16/h7-8,11H,1-6,9-10H2,(H,15,17). The molecule has 7 heteroatoms. The van der Waals surface area contributed by atoms with Gasteiger partial charge in [0.2, 0.25) is 0 Å². The number of nitrogens with zero attached hydrogens (tertiary/aromatic N) is 1. The quantitative estimate of drug-likeness (QED) is 0.921. The fourth-order valence-electron chi connectivity index (χ4n) is 2.96. The van der Waals surface area contributed by atoms with Crippen molar-refractivity contribution in [2.45, 2.75) is 48.8 Å². The number of hydrogen-bond acceptors (Lipinski definition) is 4. The van der Waals surface area contributed by atoms with Crippen LogP contribution < -0.4 is 5.32 Å². The van der Waals surface area contributed by atoms with E-state index in [0.29, 0.717) is 18.0 Å². The van der Waals surface area contributed by atoms with Gasteiger partial charge in [-0.25, -0.2) is 8.42 Å². The molecule has 5 nitrogen and oxygen atoms in total. The summed E-state index contributed by atoms with van der Waals surface area (Å²) < 4.78 is 26.6. The average molecular weight is 328 g/mol. The molecule has 0 radical (unpaired) electrons. The molecule has 2 heterocycles. The number of thiophene rings is 1. The minimum atomic E-state index is -3.41. The molecule has 0 atom stereocenters. The summed E-state index contributed by atoms with van der Waals surface area (Å²) in [5.74, 6) is -0.144. The second kappa shape index (κ2) is 6.06. The van der Waals surface area contributed by atoms with Crippen molar-refractivity contribution in [3.8, 4) is 0 Å². The fourth-order valence-corrected chi connectivity index (χ4v) is 5.84. The van der Waals surface area contributed by atoms with Crippen LogP contribution in [0.1, 0.15) is 48.2 Å². The lowest BCUT2D eigenvalue weighted by molar-refractivity contribution is 0.0942. The van der Waals surface area contributed by atoms with Crippen molar-refractivity contribution < 1.29 is 13.2 Å². The summed E-state index contributed by atoms with van der Waals surface area (Å²) in [5, 5.41) is 2.99. The van der Waals surface area contributed by atoms with Crippen molar-refractivity contribution >= 4 is 27.3 Å². The predicted molar refractivity (Wildman–Crippen MR) is 82.0 cm³/mol. The van der Waals surface area contributed by atoms with Crippen LogP contribution in [0.5, 0.6) is 0 Å². The van der Waals surface area contributed by atoms with E-state index in [0.717, 1.165) is 49.9 Å². The molecule has 0 bridgehead atoms. The van der Waals surface area contributed by atoms with Crippen LogP contribution in [0, 0.1) is 0 Å². The molecule has 1 N–H and O–H groups in total. The molecule has 0 unspecified atom stereocenters. The Morgan fingerprint density at radius 3 is 2.48 bits per heavy atom. The van der Waals surface area contributed by atoms with Crippen LogP contribution in [0.4, 0.5) is 0 Å². The zero-order chi connectivity index (χ0) is 14.9. The van der Waals surface area contributed by atoms with E-state index in [1.54, 1.807) is 12.1 Å². The summed E-state index contributed by atoms with van der Waals surface area (Å²) >= 11 is 1.08. The van der Waals surface area contributed by atoms with E-state index in [4.69, 9.17) is 0 Å². The van der Waals surface area contributed by atoms with Crippen LogP contribution >= 0.6 is 11.3 Å². The molecule has 1 aromatic heterocycles. The lowest BCUT2D eigenvalue weighted by atomic mass is 10.2. The Kier molecular flexibility index (Phi) is 4.33. The Labute approximate surface area is 129 Å². The van der Waals surface area contributed by atoms with Gasteiger partial charge in [-0.05, 0) is 37.8 Å². The summed E-state index contributed by atoms with van der Waals surface area (Å²) in [6.07, 6.45) is 6.19. The molecule has 2 fully saturated rings. The Balaban J connectivity index is 1.71. The number of hydrogen-bond donors (Lipinski definition) is 1. The molecule has 2 aliphatic rings. The van der Waals surface area contributed by atoms with Gasteiger partial charge < -0.3 is 5.32 Å². The van der Waals surface area contributed by atoms with Crippen LogP contribution in [0.15, 0.2) is 16.3 Å². The van der Waals surface area contributed by atoms with Crippen LogP contribution in [-0.4, -0.2) is 37.8 Å². The fraction of sp³-hybridized carbons (Fsp3) is 0.643. The van der Waals surface area contributed by atoms with Crippen molar-refractivity contribution in [2.24, 2.45) is 0 Å². The number of sulfonamides is 1. The van der Waals surface area contributed by atoms with Crippen LogP contribution in [0.3, 0.4) is 0 Å². The second-order valence-electron chi connectivity index (χ2n) is 5.68. The lowest BCUT2D eigenvalue weighted by Crippen LogP contribution is -2.32. The zero-order valence-electron chi connectivity index (χ0n) is 11.9. The molecule has 1 aliphatic heterocycles. The number of carbonyl (C=O) groups is 1. The first-order valence-corrected chi connectivity index (χ1v) is 9.74. The maximum atomic E-state index is 12.4. The maximum absolute atomic E-state index is 12.4. The van der Waals surface area contributed by atoms with Gasteiger partial charge in [0.25, 0.3) is 15.9 Å². The van der Waals surface area contributed by atoms with Crippen molar-refractivity contribution in [3.05, 3.63) is 17.0 Å². The summed E-state index contributed by atoms with van der Waals surface area (Å²) in [6, 6.07) is 3.43. The SMILES string of the molecule is O=C(NC1CCCC1)c1ccc(S(=O)(=O)N2CCCC2)s1. The van der Waals surface area contributed by atoms with Crippen LogP contribution in [0.25, 0.3) is 0 Å². The maximum Gasteiger partial charge on any atom is 0.261 e. The summed E-state index contributed by atoms with van der Waals surface area (Å²) in [5.41, 5.74) is 0. The number of amides is 1. The minimum absolute atomic E-state index is 0.144. The third-order valence-corrected chi connectivity index (χ3v) is 7.60. The van der Waals surface area contributed by atoms with Gasteiger partial charge in [0.15, 0.2) is 0 Å². The van der Waals surface area contributed by atoms with Crippen molar-refractivity contribution in [1.82, 2.24) is 9.62 Å². The third-order valence-electron chi connectivity index (χ3n) is 4.15. The normalized spacial score (nSPS) is 21.0. The van der Waals surface area contributed by atoms with E-state index in [-0.39, 0.29) is 16.2 Å². The van der Waals surface area contributed by atoms with Gasteiger partial charge in [0.05, 0.1) is 4.88 Å². The highest BCUT2D eigenvalue weighted by molar-refractivity contribution is 7.91. The van der Waals surface area contributed by atoms with E-state index >= 15 is 0 Å². The van der Waals surface area contributed by atoms with Gasteiger partial charge in [-0.15, -0.1) is 11.3 Å². The molecule has 3 rings (SSSR count). The summed E-state index contributed by atoms with van der Waals surface area (Å²) in [4.78, 5) is 12.6. The average Bonchev–Trinajstić information content (AvgIpc) is 3.20. The van der Waals surface area contributed by atoms with Gasteiger partial charge in [0, 0.05) is 19.1 Å². The molecule has 1 amide bonds. The zero-order valence-corrected chi connectivity index (χ0v) is 13.5. The van der Waals surface area contributed by atoms with Gasteiger partial charge in [0.1, 0.15) is 4.21 Å². The lowest BCUT2D eigenvalue weighted by Gasteiger charge is -2.13. The smallest absolute Gasteiger partial charge is 0.261 e. The Hall–Kier alpha value is -0.920. The van der Waals surface area contributed by atoms with Gasteiger partial charge in [-0.3, -0.25) is 4.79 Å².